The topological polar surface area (TPSA) is 80.8 Å². The molecular formula is C28H41N3O2+2. The van der Waals surface area contributed by atoms with Crippen molar-refractivity contribution in [2.75, 3.05) is 19.7 Å². The van der Waals surface area contributed by atoms with E-state index in [1.54, 1.807) is 6.08 Å². The SMILES string of the molecule is CC1=C(/C=C/C(C)=C/C=C/c2cc[n+](CCO)c(/C=C/C(=O)NCC[NH3+])c2)C(C)(C)CCC1. The molecule has 0 spiro atoms. The van der Waals surface area contributed by atoms with Crippen LogP contribution in [0, 0.1) is 5.41 Å². The van der Waals surface area contributed by atoms with Gasteiger partial charge in [0.1, 0.15) is 6.61 Å². The molecule has 0 saturated carbocycles. The molecule has 1 aliphatic rings. The van der Waals surface area contributed by atoms with Crippen molar-refractivity contribution < 1.29 is 20.2 Å². The van der Waals surface area contributed by atoms with Gasteiger partial charge in [0.25, 0.3) is 0 Å². The quantitative estimate of drug-likeness (QED) is 0.290. The molecule has 0 saturated heterocycles. The molecule has 33 heavy (non-hydrogen) atoms. The number of pyridine rings is 1. The second-order valence-electron chi connectivity index (χ2n) is 9.31. The number of quaternary nitrogens is 1. The first-order valence-corrected chi connectivity index (χ1v) is 11.9. The average Bonchev–Trinajstić information content (AvgIpc) is 2.77. The second-order valence-corrected chi connectivity index (χ2v) is 9.31. The Balaban J connectivity index is 2.14. The van der Waals surface area contributed by atoms with Crippen LogP contribution in [0.4, 0.5) is 0 Å². The minimum absolute atomic E-state index is 0.0371. The summed E-state index contributed by atoms with van der Waals surface area (Å²) < 4.78 is 1.92. The fraction of sp³-hybridized carbons (Fsp3) is 0.429. The zero-order chi connectivity index (χ0) is 24.3. The van der Waals surface area contributed by atoms with Crippen LogP contribution in [0.1, 0.15) is 58.2 Å². The summed E-state index contributed by atoms with van der Waals surface area (Å²) >= 11 is 0. The summed E-state index contributed by atoms with van der Waals surface area (Å²) in [6, 6.07) is 4.01. The Morgan fingerprint density at radius 2 is 2.06 bits per heavy atom. The van der Waals surface area contributed by atoms with E-state index >= 15 is 0 Å². The first-order chi connectivity index (χ1) is 15.8. The van der Waals surface area contributed by atoms with Gasteiger partial charge >= 0.3 is 0 Å². The van der Waals surface area contributed by atoms with E-state index in [4.69, 9.17) is 0 Å². The van der Waals surface area contributed by atoms with Crippen molar-refractivity contribution in [3.05, 3.63) is 76.7 Å². The third-order valence-corrected chi connectivity index (χ3v) is 6.02. The van der Waals surface area contributed by atoms with Gasteiger partial charge in [-0.15, -0.1) is 0 Å². The molecule has 0 unspecified atom stereocenters. The summed E-state index contributed by atoms with van der Waals surface area (Å²) in [6.45, 7) is 10.8. The van der Waals surface area contributed by atoms with E-state index in [9.17, 15) is 9.90 Å². The van der Waals surface area contributed by atoms with Gasteiger partial charge in [-0.2, -0.15) is 4.57 Å². The van der Waals surface area contributed by atoms with Gasteiger partial charge in [-0.3, -0.25) is 4.79 Å². The van der Waals surface area contributed by atoms with Crippen molar-refractivity contribution in [2.24, 2.45) is 5.41 Å². The lowest BCUT2D eigenvalue weighted by atomic mass is 9.72. The fourth-order valence-electron chi connectivity index (χ4n) is 4.15. The maximum Gasteiger partial charge on any atom is 0.244 e. The Hall–Kier alpha value is -2.76. The summed E-state index contributed by atoms with van der Waals surface area (Å²) in [5.41, 5.74) is 10.0. The summed E-state index contributed by atoms with van der Waals surface area (Å²) in [5.74, 6) is -0.146. The Bertz CT molecular complexity index is 965. The number of nitrogens with zero attached hydrogens (tertiary/aromatic N) is 1. The molecule has 0 radical (unpaired) electrons. The molecule has 0 aromatic carbocycles. The Morgan fingerprint density at radius 1 is 1.27 bits per heavy atom. The van der Waals surface area contributed by atoms with Gasteiger partial charge in [-0.1, -0.05) is 55.4 Å². The minimum atomic E-state index is -0.146. The van der Waals surface area contributed by atoms with Crippen molar-refractivity contribution in [1.82, 2.24) is 5.32 Å². The molecule has 5 heteroatoms. The number of nitrogens with one attached hydrogen (secondary N) is 1. The highest BCUT2D eigenvalue weighted by Crippen LogP contribution is 2.40. The molecule has 0 fully saturated rings. The van der Waals surface area contributed by atoms with Gasteiger partial charge in [0.05, 0.1) is 13.1 Å². The Labute approximate surface area is 199 Å². The summed E-state index contributed by atoms with van der Waals surface area (Å²) in [6.07, 6.45) is 19.6. The second kappa shape index (κ2) is 13.1. The highest BCUT2D eigenvalue weighted by molar-refractivity contribution is 5.91. The maximum atomic E-state index is 11.9. The number of aromatic nitrogens is 1. The molecular weight excluding hydrogens is 410 g/mol. The number of aliphatic hydroxyl groups is 1. The number of amides is 1. The van der Waals surface area contributed by atoms with Crippen LogP contribution in [0.5, 0.6) is 0 Å². The van der Waals surface area contributed by atoms with E-state index in [0.717, 1.165) is 11.3 Å². The van der Waals surface area contributed by atoms with Crippen molar-refractivity contribution in [3.63, 3.8) is 0 Å². The molecule has 0 atom stereocenters. The van der Waals surface area contributed by atoms with Crippen LogP contribution < -0.4 is 15.6 Å². The first kappa shape index (κ1) is 26.5. The molecule has 178 valence electrons. The van der Waals surface area contributed by atoms with Crippen molar-refractivity contribution in [2.45, 2.75) is 53.5 Å². The van der Waals surface area contributed by atoms with E-state index in [1.165, 1.54) is 42.1 Å². The molecule has 1 heterocycles. The monoisotopic (exact) mass is 451 g/mol. The first-order valence-electron chi connectivity index (χ1n) is 11.9. The third kappa shape index (κ3) is 8.60. The van der Waals surface area contributed by atoms with Gasteiger partial charge in [0.15, 0.2) is 12.7 Å². The summed E-state index contributed by atoms with van der Waals surface area (Å²) in [7, 11) is 0. The molecule has 2 rings (SSSR count). The maximum absolute atomic E-state index is 11.9. The highest BCUT2D eigenvalue weighted by atomic mass is 16.3. The predicted molar refractivity (Wildman–Crippen MR) is 136 cm³/mol. The lowest BCUT2D eigenvalue weighted by Gasteiger charge is -2.32. The molecule has 0 bridgehead atoms. The Morgan fingerprint density at radius 3 is 2.76 bits per heavy atom. The van der Waals surface area contributed by atoms with Crippen LogP contribution in [-0.4, -0.2) is 30.7 Å². The molecule has 5 N–H and O–H groups in total. The van der Waals surface area contributed by atoms with E-state index in [0.29, 0.717) is 19.6 Å². The standard InChI is InChI=1S/C28H39N3O2/c1-22(10-12-26-23(2)8-6-15-28(26,3)4)7-5-9-24-14-18-31(19-20-32)25(21-24)11-13-27(33)30-17-16-29/h5,7,9-14,18,21,32H,6,8,15-17,19-20,29H2,1-4H3/p+2/b9-5+,12-10+,13-11+,22-7+. The zero-order valence-corrected chi connectivity index (χ0v) is 20.7. The largest absolute Gasteiger partial charge is 0.390 e. The van der Waals surface area contributed by atoms with E-state index in [2.05, 4.69) is 63.0 Å². The van der Waals surface area contributed by atoms with Crippen LogP contribution in [0.3, 0.4) is 0 Å². The smallest absolute Gasteiger partial charge is 0.244 e. The molecule has 0 aliphatic heterocycles. The molecule has 1 amide bonds. The van der Waals surface area contributed by atoms with Gasteiger partial charge < -0.3 is 16.2 Å². The lowest BCUT2D eigenvalue weighted by molar-refractivity contribution is -0.699. The van der Waals surface area contributed by atoms with Crippen molar-refractivity contribution in [1.29, 1.82) is 0 Å². The lowest BCUT2D eigenvalue weighted by Crippen LogP contribution is -2.54. The number of hydrogen-bond acceptors (Lipinski definition) is 2. The summed E-state index contributed by atoms with van der Waals surface area (Å²) in [4.78, 5) is 11.9. The molecule has 5 nitrogen and oxygen atoms in total. The van der Waals surface area contributed by atoms with Crippen molar-refractivity contribution >= 4 is 18.1 Å². The van der Waals surface area contributed by atoms with E-state index < -0.39 is 0 Å². The van der Waals surface area contributed by atoms with Crippen LogP contribution in [0.25, 0.3) is 12.2 Å². The molecule has 1 aromatic heterocycles. The number of carbonyl (C=O) groups is 1. The van der Waals surface area contributed by atoms with Gasteiger partial charge in [-0.05, 0) is 49.7 Å². The number of aliphatic hydroxyl groups excluding tert-OH is 1. The van der Waals surface area contributed by atoms with E-state index in [-0.39, 0.29) is 17.9 Å². The molecule has 1 aromatic rings. The normalized spacial score (nSPS) is 17.0. The fourth-order valence-corrected chi connectivity index (χ4v) is 4.15. The van der Waals surface area contributed by atoms with Crippen LogP contribution in [0.2, 0.25) is 0 Å². The Kier molecular flexibility index (Phi) is 10.5. The third-order valence-electron chi connectivity index (χ3n) is 6.02. The molecule has 1 aliphatic carbocycles. The van der Waals surface area contributed by atoms with Gasteiger partial charge in [0.2, 0.25) is 11.6 Å². The highest BCUT2D eigenvalue weighted by Gasteiger charge is 2.26. The van der Waals surface area contributed by atoms with Crippen LogP contribution in [0.15, 0.2) is 65.4 Å². The average molecular weight is 452 g/mol. The van der Waals surface area contributed by atoms with Gasteiger partial charge in [0, 0.05) is 24.3 Å². The number of carbonyl (C=O) groups excluding carboxylic acids is 1. The van der Waals surface area contributed by atoms with Gasteiger partial charge in [-0.25, -0.2) is 0 Å². The minimum Gasteiger partial charge on any atom is -0.390 e. The number of allylic oxidation sites excluding steroid dienone is 7. The number of rotatable bonds is 10. The number of hydrogen-bond donors (Lipinski definition) is 3. The van der Waals surface area contributed by atoms with Crippen molar-refractivity contribution in [3.8, 4) is 0 Å². The zero-order valence-electron chi connectivity index (χ0n) is 20.7. The van der Waals surface area contributed by atoms with Crippen LogP contribution >= 0.6 is 0 Å². The summed E-state index contributed by atoms with van der Waals surface area (Å²) in [5, 5.41) is 12.1. The van der Waals surface area contributed by atoms with E-state index in [1.807, 2.05) is 29.0 Å². The predicted octanol–water partition coefficient (Wildman–Crippen LogP) is 3.38. The van der Waals surface area contributed by atoms with Crippen LogP contribution in [-0.2, 0) is 11.3 Å².